The van der Waals surface area contributed by atoms with Gasteiger partial charge in [-0.1, -0.05) is 0 Å². The van der Waals surface area contributed by atoms with E-state index in [-0.39, 0.29) is 5.92 Å². The van der Waals surface area contributed by atoms with Gasteiger partial charge in [0.15, 0.2) is 0 Å². The maximum absolute atomic E-state index is 9.08. The lowest BCUT2D eigenvalue weighted by Gasteiger charge is -2.25. The summed E-state index contributed by atoms with van der Waals surface area (Å²) >= 11 is 0. The lowest BCUT2D eigenvalue weighted by atomic mass is 9.86. The number of nitrogens with zero attached hydrogens (tertiary/aromatic N) is 1. The molecule has 0 unspecified atom stereocenters. The predicted molar refractivity (Wildman–Crippen MR) is 35.0 cm³/mol. The van der Waals surface area contributed by atoms with E-state index in [4.69, 9.17) is 15.5 Å². The van der Waals surface area contributed by atoms with Gasteiger partial charge in [0.1, 0.15) is 0 Å². The van der Waals surface area contributed by atoms with Crippen molar-refractivity contribution in [3.63, 3.8) is 0 Å². The van der Waals surface area contributed by atoms with Gasteiger partial charge in [0.25, 0.3) is 0 Å². The highest BCUT2D eigenvalue weighted by Crippen LogP contribution is 2.23. The number of hydrogen-bond donors (Lipinski definition) is 2. The lowest BCUT2D eigenvalue weighted by molar-refractivity contribution is -0.0179. The van der Waals surface area contributed by atoms with Crippen molar-refractivity contribution in [3.8, 4) is 6.07 Å². The van der Waals surface area contributed by atoms with Crippen molar-refractivity contribution in [1.29, 1.82) is 5.26 Å². The Kier molecular flexibility index (Phi) is 2.25. The van der Waals surface area contributed by atoms with Crippen molar-refractivity contribution < 1.29 is 10.2 Å². The van der Waals surface area contributed by atoms with Crippen LogP contribution in [0.1, 0.15) is 19.3 Å². The van der Waals surface area contributed by atoms with Gasteiger partial charge in [-0.05, 0) is 19.3 Å². The van der Waals surface area contributed by atoms with Crippen molar-refractivity contribution in [3.05, 3.63) is 0 Å². The first-order chi connectivity index (χ1) is 4.74. The Bertz CT molecular complexity index is 152. The molecule has 0 amide bonds. The van der Waals surface area contributed by atoms with Crippen LogP contribution in [0, 0.1) is 17.2 Å². The minimum Gasteiger partial charge on any atom is -0.390 e. The summed E-state index contributed by atoms with van der Waals surface area (Å²) in [5, 5.41) is 26.6. The summed E-state index contributed by atoms with van der Waals surface area (Å²) in [4.78, 5) is 0. The predicted octanol–water partition coefficient (Wildman–Crippen LogP) is 0.0319. The maximum atomic E-state index is 9.08. The first-order valence-corrected chi connectivity index (χ1v) is 3.50. The van der Waals surface area contributed by atoms with E-state index in [2.05, 4.69) is 6.07 Å². The molecule has 0 aliphatic heterocycles. The molecule has 1 aliphatic carbocycles. The second-order valence-electron chi connectivity index (χ2n) is 2.77. The summed E-state index contributed by atoms with van der Waals surface area (Å²) < 4.78 is 0. The van der Waals surface area contributed by atoms with Crippen molar-refractivity contribution in [1.82, 2.24) is 0 Å². The van der Waals surface area contributed by atoms with Gasteiger partial charge in [-0.15, -0.1) is 0 Å². The normalized spacial score (nSPS) is 40.7. The van der Waals surface area contributed by atoms with Gasteiger partial charge in [0.2, 0.25) is 0 Å². The van der Waals surface area contributed by atoms with E-state index in [9.17, 15) is 0 Å². The summed E-state index contributed by atoms with van der Waals surface area (Å²) in [6.07, 6.45) is 0.411. The Labute approximate surface area is 59.9 Å². The number of rotatable bonds is 0. The highest BCUT2D eigenvalue weighted by molar-refractivity contribution is 4.90. The van der Waals surface area contributed by atoms with Gasteiger partial charge < -0.3 is 10.2 Å². The van der Waals surface area contributed by atoms with E-state index in [1.54, 1.807) is 0 Å². The third kappa shape index (κ3) is 1.47. The molecule has 56 valence electrons. The van der Waals surface area contributed by atoms with Gasteiger partial charge in [-0.2, -0.15) is 5.26 Å². The molecular formula is C7H11NO2. The summed E-state index contributed by atoms with van der Waals surface area (Å²) in [7, 11) is 0. The fourth-order valence-corrected chi connectivity index (χ4v) is 1.25. The molecule has 0 aromatic heterocycles. The van der Waals surface area contributed by atoms with Gasteiger partial charge in [0.05, 0.1) is 18.3 Å². The molecule has 1 saturated carbocycles. The molecule has 0 spiro atoms. The molecule has 2 N–H and O–H groups in total. The number of aliphatic hydroxyl groups is 2. The van der Waals surface area contributed by atoms with Crippen molar-refractivity contribution in [2.24, 2.45) is 5.92 Å². The maximum Gasteiger partial charge on any atom is 0.0811 e. The van der Waals surface area contributed by atoms with Crippen LogP contribution in [0.2, 0.25) is 0 Å². The fraction of sp³-hybridized carbons (Fsp3) is 0.857. The second-order valence-corrected chi connectivity index (χ2v) is 2.77. The van der Waals surface area contributed by atoms with Crippen molar-refractivity contribution in [2.75, 3.05) is 0 Å². The summed E-state index contributed by atoms with van der Waals surface area (Å²) in [6, 6.07) is 2.08. The topological polar surface area (TPSA) is 64.2 Å². The highest BCUT2D eigenvalue weighted by Gasteiger charge is 2.26. The first-order valence-electron chi connectivity index (χ1n) is 3.50. The quantitative estimate of drug-likeness (QED) is 0.500. The smallest absolute Gasteiger partial charge is 0.0811 e. The molecule has 0 heterocycles. The molecule has 0 bridgehead atoms. The van der Waals surface area contributed by atoms with E-state index >= 15 is 0 Å². The van der Waals surface area contributed by atoms with E-state index < -0.39 is 12.2 Å². The summed E-state index contributed by atoms with van der Waals surface area (Å²) in [6.45, 7) is 0. The van der Waals surface area contributed by atoms with Gasteiger partial charge in [-0.25, -0.2) is 0 Å². The fourth-order valence-electron chi connectivity index (χ4n) is 1.25. The molecule has 1 aliphatic rings. The Balaban J connectivity index is 2.42. The van der Waals surface area contributed by atoms with Gasteiger partial charge >= 0.3 is 0 Å². The molecule has 0 aromatic rings. The number of aliphatic hydroxyl groups excluding tert-OH is 2. The zero-order valence-electron chi connectivity index (χ0n) is 5.70. The Morgan fingerprint density at radius 1 is 1.20 bits per heavy atom. The summed E-state index contributed by atoms with van der Waals surface area (Å²) in [5.74, 6) is -0.0570. The van der Waals surface area contributed by atoms with Crippen LogP contribution >= 0.6 is 0 Å². The SMILES string of the molecule is N#C[C@H]1CC[C@@H](O)[C@@H](O)C1. The molecule has 0 saturated heterocycles. The molecular weight excluding hydrogens is 130 g/mol. The van der Waals surface area contributed by atoms with Crippen LogP contribution in [0.25, 0.3) is 0 Å². The first kappa shape index (κ1) is 7.52. The minimum absolute atomic E-state index is 0.0570. The molecule has 3 nitrogen and oxygen atoms in total. The third-order valence-electron chi connectivity index (χ3n) is 1.96. The molecule has 3 atom stereocenters. The van der Waals surface area contributed by atoms with Crippen LogP contribution < -0.4 is 0 Å². The average molecular weight is 141 g/mol. The molecule has 10 heavy (non-hydrogen) atoms. The average Bonchev–Trinajstić information content (AvgIpc) is 1.95. The van der Waals surface area contributed by atoms with Crippen LogP contribution in [-0.4, -0.2) is 22.4 Å². The minimum atomic E-state index is -0.682. The van der Waals surface area contributed by atoms with Crippen molar-refractivity contribution >= 4 is 0 Å². The molecule has 1 fully saturated rings. The monoisotopic (exact) mass is 141 g/mol. The van der Waals surface area contributed by atoms with Crippen LogP contribution in [0.4, 0.5) is 0 Å². The lowest BCUT2D eigenvalue weighted by Crippen LogP contribution is -2.32. The van der Waals surface area contributed by atoms with Crippen LogP contribution in [0.5, 0.6) is 0 Å². The third-order valence-corrected chi connectivity index (χ3v) is 1.96. The largest absolute Gasteiger partial charge is 0.390 e. The van der Waals surface area contributed by atoms with Crippen LogP contribution in [0.15, 0.2) is 0 Å². The molecule has 1 rings (SSSR count). The number of nitriles is 1. The number of hydrogen-bond acceptors (Lipinski definition) is 3. The van der Waals surface area contributed by atoms with E-state index in [0.29, 0.717) is 19.3 Å². The Morgan fingerprint density at radius 3 is 2.40 bits per heavy atom. The molecule has 0 aromatic carbocycles. The Hall–Kier alpha value is -0.590. The molecule has 3 heteroatoms. The van der Waals surface area contributed by atoms with Crippen LogP contribution in [0.3, 0.4) is 0 Å². The van der Waals surface area contributed by atoms with E-state index in [1.165, 1.54) is 0 Å². The van der Waals surface area contributed by atoms with E-state index in [0.717, 1.165) is 0 Å². The highest BCUT2D eigenvalue weighted by atomic mass is 16.3. The summed E-state index contributed by atoms with van der Waals surface area (Å²) in [5.41, 5.74) is 0. The Morgan fingerprint density at radius 2 is 1.90 bits per heavy atom. The van der Waals surface area contributed by atoms with E-state index in [1.807, 2.05) is 0 Å². The molecule has 0 radical (unpaired) electrons. The van der Waals surface area contributed by atoms with Crippen LogP contribution in [-0.2, 0) is 0 Å². The zero-order chi connectivity index (χ0) is 7.56. The standard InChI is InChI=1S/C7H11NO2/c8-4-5-1-2-6(9)7(10)3-5/h5-7,9-10H,1-3H2/t5-,6+,7-/m0/s1. The second kappa shape index (κ2) is 3.00. The van der Waals surface area contributed by atoms with Gasteiger partial charge in [0, 0.05) is 5.92 Å². The zero-order valence-corrected chi connectivity index (χ0v) is 5.70. The van der Waals surface area contributed by atoms with Crippen molar-refractivity contribution in [2.45, 2.75) is 31.5 Å². The van der Waals surface area contributed by atoms with Gasteiger partial charge in [-0.3, -0.25) is 0 Å².